The monoisotopic (exact) mass is 282 g/mol. The first-order valence-electron chi connectivity index (χ1n) is 6.11. The highest BCUT2D eigenvalue weighted by atomic mass is 19.1. The van der Waals surface area contributed by atoms with Gasteiger partial charge < -0.3 is 15.1 Å². The smallest absolute Gasteiger partial charge is 0.326 e. The van der Waals surface area contributed by atoms with E-state index in [0.717, 1.165) is 9.80 Å². The fourth-order valence-electron chi connectivity index (χ4n) is 2.28. The number of carbonyl (C=O) groups excluding carboxylic acids is 1. The first kappa shape index (κ1) is 14.3. The molecule has 0 aliphatic carbocycles. The molecular weight excluding hydrogens is 267 g/mol. The molecule has 2 rings (SSSR count). The number of nitrogens with zero attached hydrogens (tertiary/aromatic N) is 2. The maximum Gasteiger partial charge on any atom is 0.326 e. The largest absolute Gasteiger partial charge is 0.480 e. The van der Waals surface area contributed by atoms with Crippen LogP contribution in [0.3, 0.4) is 0 Å². The number of carbonyl (C=O) groups is 2. The van der Waals surface area contributed by atoms with Crippen LogP contribution in [0.4, 0.5) is 14.9 Å². The minimum absolute atomic E-state index is 0.0216. The number of hydrogen-bond donors (Lipinski definition) is 2. The average molecular weight is 282 g/mol. The topological polar surface area (TPSA) is 81.1 Å². The van der Waals surface area contributed by atoms with E-state index in [4.69, 9.17) is 5.11 Å². The van der Waals surface area contributed by atoms with Crippen molar-refractivity contribution in [1.29, 1.82) is 0 Å². The number of urea groups is 1. The highest BCUT2D eigenvalue weighted by Gasteiger charge is 2.40. The van der Waals surface area contributed by atoms with Gasteiger partial charge in [0.1, 0.15) is 11.9 Å². The highest BCUT2D eigenvalue weighted by Crippen LogP contribution is 2.23. The van der Waals surface area contributed by atoms with E-state index in [1.807, 2.05) is 0 Å². The molecule has 20 heavy (non-hydrogen) atoms. The summed E-state index contributed by atoms with van der Waals surface area (Å²) >= 11 is 0. The molecule has 1 aliphatic heterocycles. The summed E-state index contributed by atoms with van der Waals surface area (Å²) in [4.78, 5) is 25.4. The van der Waals surface area contributed by atoms with Crippen LogP contribution in [-0.2, 0) is 4.79 Å². The van der Waals surface area contributed by atoms with E-state index in [9.17, 15) is 19.1 Å². The first-order chi connectivity index (χ1) is 9.41. The quantitative estimate of drug-likeness (QED) is 0.844. The molecule has 1 heterocycles. The van der Waals surface area contributed by atoms with Gasteiger partial charge in [-0.25, -0.2) is 14.0 Å². The third kappa shape index (κ3) is 2.57. The van der Waals surface area contributed by atoms with Crippen LogP contribution in [0.2, 0.25) is 0 Å². The van der Waals surface area contributed by atoms with Crippen LogP contribution < -0.4 is 4.90 Å². The summed E-state index contributed by atoms with van der Waals surface area (Å²) in [6.45, 7) is -0.0748. The van der Waals surface area contributed by atoms with Gasteiger partial charge in [0.2, 0.25) is 0 Å². The van der Waals surface area contributed by atoms with Crippen LogP contribution in [0.25, 0.3) is 0 Å². The number of rotatable bonds is 2. The highest BCUT2D eigenvalue weighted by molar-refractivity contribution is 5.94. The Kier molecular flexibility index (Phi) is 3.89. The standard InChI is InChI=1S/C13H15FN2O4/c1-15(10-5-3-2-4-9(10)14)13(20)16-7-8(17)6-11(16)12(18)19/h2-5,8,11,17H,6-7H2,1H3,(H,18,19). The second kappa shape index (κ2) is 5.46. The van der Waals surface area contributed by atoms with E-state index in [0.29, 0.717) is 0 Å². The lowest BCUT2D eigenvalue weighted by molar-refractivity contribution is -0.141. The second-order valence-electron chi connectivity index (χ2n) is 4.69. The summed E-state index contributed by atoms with van der Waals surface area (Å²) in [5.74, 6) is -1.76. The zero-order valence-electron chi connectivity index (χ0n) is 10.9. The lowest BCUT2D eigenvalue weighted by atomic mass is 10.2. The third-order valence-electron chi connectivity index (χ3n) is 3.31. The number of aliphatic hydroxyl groups excluding tert-OH is 1. The van der Waals surface area contributed by atoms with Gasteiger partial charge in [-0.2, -0.15) is 0 Å². The molecule has 1 saturated heterocycles. The van der Waals surface area contributed by atoms with Crippen molar-refractivity contribution in [2.45, 2.75) is 18.6 Å². The first-order valence-corrected chi connectivity index (χ1v) is 6.11. The molecule has 2 N–H and O–H groups in total. The summed E-state index contributed by atoms with van der Waals surface area (Å²) < 4.78 is 13.6. The number of anilines is 1. The Morgan fingerprint density at radius 1 is 1.40 bits per heavy atom. The summed E-state index contributed by atoms with van der Waals surface area (Å²) in [5.41, 5.74) is 0.0584. The molecule has 1 aromatic carbocycles. The molecule has 6 nitrogen and oxygen atoms in total. The molecule has 2 unspecified atom stereocenters. The number of hydrogen-bond acceptors (Lipinski definition) is 3. The Morgan fingerprint density at radius 3 is 2.65 bits per heavy atom. The molecule has 0 spiro atoms. The molecule has 7 heteroatoms. The van der Waals surface area contributed by atoms with Crippen molar-refractivity contribution in [3.05, 3.63) is 30.1 Å². The summed E-state index contributed by atoms with van der Waals surface area (Å²) in [7, 11) is 1.37. The maximum atomic E-state index is 13.6. The molecule has 0 radical (unpaired) electrons. The van der Waals surface area contributed by atoms with Gasteiger partial charge in [0.05, 0.1) is 11.8 Å². The van der Waals surface area contributed by atoms with Crippen molar-refractivity contribution in [2.24, 2.45) is 0 Å². The molecule has 1 fully saturated rings. The fourth-order valence-corrected chi connectivity index (χ4v) is 2.28. The van der Waals surface area contributed by atoms with E-state index >= 15 is 0 Å². The number of likely N-dealkylation sites (tertiary alicyclic amines) is 1. The number of halogens is 1. The van der Waals surface area contributed by atoms with E-state index < -0.39 is 30.0 Å². The molecule has 0 aromatic heterocycles. The van der Waals surface area contributed by atoms with Gasteiger partial charge in [-0.3, -0.25) is 4.90 Å². The molecule has 108 valence electrons. The number of para-hydroxylation sites is 1. The van der Waals surface area contributed by atoms with Gasteiger partial charge in [0.25, 0.3) is 0 Å². The lowest BCUT2D eigenvalue weighted by Crippen LogP contribution is -2.47. The number of aliphatic hydroxyl groups is 1. The number of amides is 2. The van der Waals surface area contributed by atoms with Gasteiger partial charge in [0, 0.05) is 20.0 Å². The van der Waals surface area contributed by atoms with E-state index in [1.54, 1.807) is 6.07 Å². The van der Waals surface area contributed by atoms with E-state index in [1.165, 1.54) is 25.2 Å². The van der Waals surface area contributed by atoms with Crippen LogP contribution in [0.1, 0.15) is 6.42 Å². The fraction of sp³-hybridized carbons (Fsp3) is 0.385. The second-order valence-corrected chi connectivity index (χ2v) is 4.69. The van der Waals surface area contributed by atoms with Crippen molar-refractivity contribution in [2.75, 3.05) is 18.5 Å². The Balaban J connectivity index is 2.22. The average Bonchev–Trinajstić information content (AvgIpc) is 2.80. The van der Waals surface area contributed by atoms with Gasteiger partial charge in [-0.1, -0.05) is 12.1 Å². The minimum Gasteiger partial charge on any atom is -0.480 e. The normalized spacial score (nSPS) is 21.9. The van der Waals surface area contributed by atoms with Crippen LogP contribution in [-0.4, -0.2) is 52.9 Å². The van der Waals surface area contributed by atoms with Gasteiger partial charge >= 0.3 is 12.0 Å². The molecule has 0 saturated carbocycles. The van der Waals surface area contributed by atoms with Crippen molar-refractivity contribution >= 4 is 17.7 Å². The number of β-amino-alcohol motifs (C(OH)–C–C–N with tert-alkyl or cyclic N) is 1. The van der Waals surface area contributed by atoms with Crippen molar-refractivity contribution in [3.8, 4) is 0 Å². The van der Waals surface area contributed by atoms with Crippen LogP contribution in [0, 0.1) is 5.82 Å². The number of aliphatic carboxylic acids is 1. The molecule has 2 amide bonds. The van der Waals surface area contributed by atoms with Crippen LogP contribution in [0.5, 0.6) is 0 Å². The van der Waals surface area contributed by atoms with Gasteiger partial charge in [-0.05, 0) is 12.1 Å². The molecule has 0 bridgehead atoms. The van der Waals surface area contributed by atoms with Crippen molar-refractivity contribution in [3.63, 3.8) is 0 Å². The van der Waals surface area contributed by atoms with Gasteiger partial charge in [0.15, 0.2) is 0 Å². The lowest BCUT2D eigenvalue weighted by Gasteiger charge is -2.27. The summed E-state index contributed by atoms with van der Waals surface area (Å²) in [6, 6.07) is 3.97. The number of carboxylic acids is 1. The predicted molar refractivity (Wildman–Crippen MR) is 69.0 cm³/mol. The van der Waals surface area contributed by atoms with Crippen LogP contribution >= 0.6 is 0 Å². The third-order valence-corrected chi connectivity index (χ3v) is 3.31. The zero-order chi connectivity index (χ0) is 14.9. The van der Waals surface area contributed by atoms with Crippen LogP contribution in [0.15, 0.2) is 24.3 Å². The summed E-state index contributed by atoms with van der Waals surface area (Å²) in [6.07, 6.45) is -0.902. The Bertz CT molecular complexity index is 537. The van der Waals surface area contributed by atoms with E-state index in [-0.39, 0.29) is 18.7 Å². The van der Waals surface area contributed by atoms with Gasteiger partial charge in [-0.15, -0.1) is 0 Å². The molecule has 1 aromatic rings. The van der Waals surface area contributed by atoms with Crippen molar-refractivity contribution < 1.29 is 24.2 Å². The predicted octanol–water partition coefficient (Wildman–Crippen LogP) is 0.902. The number of benzene rings is 1. The maximum absolute atomic E-state index is 13.6. The molecular formula is C13H15FN2O4. The summed E-state index contributed by atoms with van der Waals surface area (Å²) in [5, 5.41) is 18.6. The molecule has 2 atom stereocenters. The zero-order valence-corrected chi connectivity index (χ0v) is 10.9. The Morgan fingerprint density at radius 2 is 2.05 bits per heavy atom. The number of carboxylic acid groups (broad SMARTS) is 1. The Labute approximate surface area is 115 Å². The Hall–Kier alpha value is -2.15. The minimum atomic E-state index is -1.18. The SMILES string of the molecule is CN(C(=O)N1CC(O)CC1C(=O)O)c1ccccc1F. The molecule has 1 aliphatic rings. The van der Waals surface area contributed by atoms with Crippen molar-refractivity contribution in [1.82, 2.24) is 4.90 Å². The van der Waals surface area contributed by atoms with E-state index in [2.05, 4.69) is 0 Å².